The summed E-state index contributed by atoms with van der Waals surface area (Å²) in [6.07, 6.45) is 7.02. The van der Waals surface area contributed by atoms with E-state index >= 15 is 0 Å². The Morgan fingerprint density at radius 1 is 1.57 bits per heavy atom. The average Bonchev–Trinajstić information content (AvgIpc) is 2.76. The fourth-order valence-corrected chi connectivity index (χ4v) is 1.73. The van der Waals surface area contributed by atoms with Gasteiger partial charge < -0.3 is 5.11 Å². The number of aryl methyl sites for hydroxylation is 1. The van der Waals surface area contributed by atoms with Crippen LogP contribution in [0.25, 0.3) is 0 Å². The van der Waals surface area contributed by atoms with Crippen molar-refractivity contribution in [2.45, 2.75) is 32.2 Å². The Kier molecular flexibility index (Phi) is 2.27. The first-order valence-electron chi connectivity index (χ1n) is 4.94. The summed E-state index contributed by atoms with van der Waals surface area (Å²) in [6, 6.07) is 1.88. The van der Waals surface area contributed by atoms with Crippen molar-refractivity contribution in [3.63, 3.8) is 0 Å². The highest BCUT2D eigenvalue weighted by molar-refractivity contribution is 5.77. The molecule has 2 rings (SSSR count). The van der Waals surface area contributed by atoms with Crippen molar-refractivity contribution in [2.75, 3.05) is 0 Å². The first-order chi connectivity index (χ1) is 6.73. The zero-order valence-electron chi connectivity index (χ0n) is 8.02. The van der Waals surface area contributed by atoms with Gasteiger partial charge in [0.1, 0.15) is 0 Å². The van der Waals surface area contributed by atoms with Gasteiger partial charge in [-0.05, 0) is 31.7 Å². The SMILES string of the molecule is O=C(O)C1(CCCn2cccn2)CC1. The quantitative estimate of drug-likeness (QED) is 0.773. The van der Waals surface area contributed by atoms with Crippen LogP contribution in [0.15, 0.2) is 18.5 Å². The van der Waals surface area contributed by atoms with Crippen LogP contribution >= 0.6 is 0 Å². The summed E-state index contributed by atoms with van der Waals surface area (Å²) < 4.78 is 1.85. The van der Waals surface area contributed by atoms with Crippen LogP contribution in [-0.4, -0.2) is 20.9 Å². The van der Waals surface area contributed by atoms with Gasteiger partial charge in [-0.3, -0.25) is 9.48 Å². The number of carboxylic acids is 1. The Balaban J connectivity index is 1.76. The lowest BCUT2D eigenvalue weighted by molar-refractivity contribution is -0.143. The number of hydrogen-bond acceptors (Lipinski definition) is 2. The molecule has 1 aromatic heterocycles. The third-order valence-electron chi connectivity index (χ3n) is 2.91. The number of hydrogen-bond donors (Lipinski definition) is 1. The van der Waals surface area contributed by atoms with Gasteiger partial charge in [0.2, 0.25) is 0 Å². The lowest BCUT2D eigenvalue weighted by atomic mass is 10.0. The van der Waals surface area contributed by atoms with Crippen LogP contribution in [0.3, 0.4) is 0 Å². The number of aliphatic carboxylic acids is 1. The minimum absolute atomic E-state index is 0.382. The van der Waals surface area contributed by atoms with E-state index in [1.54, 1.807) is 6.20 Å². The van der Waals surface area contributed by atoms with Gasteiger partial charge in [0, 0.05) is 18.9 Å². The summed E-state index contributed by atoms with van der Waals surface area (Å²) in [5.74, 6) is -0.627. The molecule has 0 aliphatic heterocycles. The summed E-state index contributed by atoms with van der Waals surface area (Å²) in [4.78, 5) is 10.9. The molecule has 4 heteroatoms. The molecule has 1 aliphatic rings. The van der Waals surface area contributed by atoms with Crippen molar-refractivity contribution in [1.82, 2.24) is 9.78 Å². The first kappa shape index (κ1) is 9.24. The fraction of sp³-hybridized carbons (Fsp3) is 0.600. The first-order valence-corrected chi connectivity index (χ1v) is 4.94. The fourth-order valence-electron chi connectivity index (χ4n) is 1.73. The number of nitrogens with zero attached hydrogens (tertiary/aromatic N) is 2. The van der Waals surface area contributed by atoms with Crippen LogP contribution in [0.4, 0.5) is 0 Å². The maximum atomic E-state index is 10.9. The van der Waals surface area contributed by atoms with Crippen molar-refractivity contribution in [3.05, 3.63) is 18.5 Å². The second kappa shape index (κ2) is 3.44. The van der Waals surface area contributed by atoms with Crippen molar-refractivity contribution < 1.29 is 9.90 Å². The Morgan fingerprint density at radius 2 is 2.36 bits per heavy atom. The number of aromatic nitrogens is 2. The predicted octanol–water partition coefficient (Wildman–Crippen LogP) is 1.53. The van der Waals surface area contributed by atoms with E-state index in [4.69, 9.17) is 5.11 Å². The van der Waals surface area contributed by atoms with Gasteiger partial charge in [0.25, 0.3) is 0 Å². The normalized spacial score (nSPS) is 18.0. The molecule has 0 amide bonds. The predicted molar refractivity (Wildman–Crippen MR) is 50.8 cm³/mol. The van der Waals surface area contributed by atoms with E-state index in [1.165, 1.54) is 0 Å². The van der Waals surface area contributed by atoms with E-state index in [0.29, 0.717) is 0 Å². The molecule has 0 unspecified atom stereocenters. The molecule has 1 heterocycles. The summed E-state index contributed by atoms with van der Waals surface area (Å²) in [6.45, 7) is 0.821. The third kappa shape index (κ3) is 1.78. The van der Waals surface area contributed by atoms with Gasteiger partial charge in [0.15, 0.2) is 0 Å². The van der Waals surface area contributed by atoms with Crippen molar-refractivity contribution in [1.29, 1.82) is 0 Å². The van der Waals surface area contributed by atoms with E-state index < -0.39 is 5.97 Å². The highest BCUT2D eigenvalue weighted by Crippen LogP contribution is 2.49. The van der Waals surface area contributed by atoms with Crippen LogP contribution in [0.5, 0.6) is 0 Å². The van der Waals surface area contributed by atoms with E-state index in [-0.39, 0.29) is 5.41 Å². The molecular formula is C10H14N2O2. The van der Waals surface area contributed by atoms with E-state index in [9.17, 15) is 4.79 Å². The van der Waals surface area contributed by atoms with Gasteiger partial charge in [-0.25, -0.2) is 0 Å². The summed E-state index contributed by atoms with van der Waals surface area (Å²) in [5.41, 5.74) is -0.382. The lowest BCUT2D eigenvalue weighted by Gasteiger charge is -2.08. The van der Waals surface area contributed by atoms with Crippen LogP contribution in [-0.2, 0) is 11.3 Å². The molecule has 0 radical (unpaired) electrons. The zero-order chi connectivity index (χ0) is 10.0. The van der Waals surface area contributed by atoms with Crippen LogP contribution in [0.2, 0.25) is 0 Å². The molecule has 0 saturated heterocycles. The number of carbonyl (C=O) groups is 1. The van der Waals surface area contributed by atoms with Crippen molar-refractivity contribution in [3.8, 4) is 0 Å². The largest absolute Gasteiger partial charge is 0.481 e. The molecule has 4 nitrogen and oxygen atoms in total. The Bertz CT molecular complexity index is 315. The van der Waals surface area contributed by atoms with Crippen molar-refractivity contribution >= 4 is 5.97 Å². The lowest BCUT2D eigenvalue weighted by Crippen LogP contribution is -2.15. The second-order valence-electron chi connectivity index (χ2n) is 3.96. The monoisotopic (exact) mass is 194 g/mol. The molecule has 14 heavy (non-hydrogen) atoms. The molecule has 0 spiro atoms. The number of rotatable bonds is 5. The minimum atomic E-state index is -0.627. The Morgan fingerprint density at radius 3 is 2.86 bits per heavy atom. The molecule has 1 aromatic rings. The van der Waals surface area contributed by atoms with Gasteiger partial charge >= 0.3 is 5.97 Å². The van der Waals surface area contributed by atoms with E-state index in [2.05, 4.69) is 5.10 Å². The summed E-state index contributed by atoms with van der Waals surface area (Å²) in [5, 5.41) is 13.0. The van der Waals surface area contributed by atoms with E-state index in [0.717, 1.165) is 32.2 Å². The summed E-state index contributed by atoms with van der Waals surface area (Å²) >= 11 is 0. The molecule has 1 N–H and O–H groups in total. The highest BCUT2D eigenvalue weighted by atomic mass is 16.4. The molecule has 1 saturated carbocycles. The Hall–Kier alpha value is -1.32. The molecular weight excluding hydrogens is 180 g/mol. The Labute approximate surface area is 82.5 Å². The van der Waals surface area contributed by atoms with Gasteiger partial charge in [-0.1, -0.05) is 0 Å². The standard InChI is InChI=1S/C10H14N2O2/c13-9(14)10(4-5-10)3-1-7-12-8-2-6-11-12/h2,6,8H,1,3-5,7H2,(H,13,14). The average molecular weight is 194 g/mol. The maximum Gasteiger partial charge on any atom is 0.309 e. The van der Waals surface area contributed by atoms with Crippen LogP contribution in [0, 0.1) is 5.41 Å². The number of carboxylic acid groups (broad SMARTS) is 1. The molecule has 0 aromatic carbocycles. The highest BCUT2D eigenvalue weighted by Gasteiger charge is 2.49. The molecule has 0 bridgehead atoms. The molecule has 1 aliphatic carbocycles. The zero-order valence-corrected chi connectivity index (χ0v) is 8.02. The topological polar surface area (TPSA) is 55.1 Å². The maximum absolute atomic E-state index is 10.9. The third-order valence-corrected chi connectivity index (χ3v) is 2.91. The van der Waals surface area contributed by atoms with E-state index in [1.807, 2.05) is 16.9 Å². The van der Waals surface area contributed by atoms with Gasteiger partial charge in [-0.2, -0.15) is 5.10 Å². The van der Waals surface area contributed by atoms with Crippen LogP contribution < -0.4 is 0 Å². The second-order valence-corrected chi connectivity index (χ2v) is 3.96. The van der Waals surface area contributed by atoms with Gasteiger partial charge in [0.05, 0.1) is 5.41 Å². The minimum Gasteiger partial charge on any atom is -0.481 e. The molecule has 0 atom stereocenters. The van der Waals surface area contributed by atoms with Crippen LogP contribution in [0.1, 0.15) is 25.7 Å². The smallest absolute Gasteiger partial charge is 0.309 e. The van der Waals surface area contributed by atoms with Crippen molar-refractivity contribution in [2.24, 2.45) is 5.41 Å². The van der Waals surface area contributed by atoms with Gasteiger partial charge in [-0.15, -0.1) is 0 Å². The summed E-state index contributed by atoms with van der Waals surface area (Å²) in [7, 11) is 0. The molecule has 1 fully saturated rings. The molecule has 76 valence electrons.